The van der Waals surface area contributed by atoms with Crippen molar-refractivity contribution in [2.24, 2.45) is 0 Å². The topological polar surface area (TPSA) is 38.8 Å². The number of rotatable bonds is 4. The molecule has 4 heteroatoms. The fourth-order valence-electron chi connectivity index (χ4n) is 4.59. The maximum absolute atomic E-state index is 13.7. The SMILES string of the molecule is CCCCCN1C(=O)[C@]2(COc3cc4c(cc32)CCO4)c2ccccc21. The van der Waals surface area contributed by atoms with Crippen LogP contribution >= 0.6 is 0 Å². The van der Waals surface area contributed by atoms with E-state index in [4.69, 9.17) is 9.47 Å². The molecule has 1 atom stereocenters. The highest BCUT2D eigenvalue weighted by molar-refractivity contribution is 6.11. The molecule has 0 saturated heterocycles. The normalized spacial score (nSPS) is 22.2. The minimum absolute atomic E-state index is 0.160. The second kappa shape index (κ2) is 5.76. The van der Waals surface area contributed by atoms with Crippen LogP contribution in [0.1, 0.15) is 42.9 Å². The van der Waals surface area contributed by atoms with Crippen molar-refractivity contribution in [1.82, 2.24) is 0 Å². The number of para-hydroxylation sites is 1. The Bertz CT molecular complexity index is 891. The average molecular weight is 349 g/mol. The molecule has 1 amide bonds. The zero-order valence-corrected chi connectivity index (χ0v) is 15.1. The van der Waals surface area contributed by atoms with Gasteiger partial charge in [-0.1, -0.05) is 38.0 Å². The minimum atomic E-state index is -0.699. The Labute approximate surface area is 153 Å². The maximum atomic E-state index is 13.7. The van der Waals surface area contributed by atoms with Gasteiger partial charge in [-0.2, -0.15) is 0 Å². The molecular weight excluding hydrogens is 326 g/mol. The average Bonchev–Trinajstić information content (AvgIpc) is 3.33. The summed E-state index contributed by atoms with van der Waals surface area (Å²) in [6, 6.07) is 12.3. The number of benzene rings is 2. The van der Waals surface area contributed by atoms with Gasteiger partial charge in [-0.05, 0) is 29.7 Å². The fourth-order valence-corrected chi connectivity index (χ4v) is 4.59. The van der Waals surface area contributed by atoms with Gasteiger partial charge >= 0.3 is 0 Å². The van der Waals surface area contributed by atoms with Crippen LogP contribution in [0.5, 0.6) is 11.5 Å². The Morgan fingerprint density at radius 3 is 2.85 bits per heavy atom. The van der Waals surface area contributed by atoms with Crippen LogP contribution in [0.3, 0.4) is 0 Å². The molecule has 0 aliphatic carbocycles. The molecule has 0 bridgehead atoms. The standard InChI is InChI=1S/C22H23NO3/c1-2-3-6-10-23-18-8-5-4-7-16(18)22(21(23)24)14-26-20-13-19-15(9-11-25-19)12-17(20)22/h4-5,7-8,12-13H,2-3,6,9-11,14H2,1H3/t22-/m1/s1. The minimum Gasteiger partial charge on any atom is -0.493 e. The van der Waals surface area contributed by atoms with E-state index in [9.17, 15) is 4.79 Å². The lowest BCUT2D eigenvalue weighted by molar-refractivity contribution is -0.122. The molecule has 0 fully saturated rings. The third-order valence-corrected chi connectivity index (χ3v) is 5.95. The van der Waals surface area contributed by atoms with E-state index >= 15 is 0 Å². The van der Waals surface area contributed by atoms with E-state index in [-0.39, 0.29) is 5.91 Å². The molecule has 26 heavy (non-hydrogen) atoms. The molecule has 0 unspecified atom stereocenters. The van der Waals surface area contributed by atoms with Crippen molar-refractivity contribution in [3.05, 3.63) is 53.1 Å². The number of unbranched alkanes of at least 4 members (excludes halogenated alkanes) is 2. The van der Waals surface area contributed by atoms with Gasteiger partial charge in [-0.15, -0.1) is 0 Å². The van der Waals surface area contributed by atoms with Crippen molar-refractivity contribution in [3.8, 4) is 11.5 Å². The molecule has 134 valence electrons. The first-order chi connectivity index (χ1) is 12.8. The molecule has 0 saturated carbocycles. The maximum Gasteiger partial charge on any atom is 0.245 e. The number of nitrogens with zero attached hydrogens (tertiary/aromatic N) is 1. The number of hydrogen-bond acceptors (Lipinski definition) is 3. The van der Waals surface area contributed by atoms with Crippen molar-refractivity contribution in [1.29, 1.82) is 0 Å². The number of fused-ring (bicyclic) bond motifs is 5. The summed E-state index contributed by atoms with van der Waals surface area (Å²) in [7, 11) is 0. The van der Waals surface area contributed by atoms with Crippen LogP contribution in [0.4, 0.5) is 5.69 Å². The first-order valence-corrected chi connectivity index (χ1v) is 9.60. The third-order valence-electron chi connectivity index (χ3n) is 5.95. The van der Waals surface area contributed by atoms with Crippen LogP contribution < -0.4 is 14.4 Å². The monoisotopic (exact) mass is 349 g/mol. The van der Waals surface area contributed by atoms with E-state index in [1.807, 2.05) is 23.1 Å². The highest BCUT2D eigenvalue weighted by atomic mass is 16.5. The van der Waals surface area contributed by atoms with Crippen LogP contribution in [0.25, 0.3) is 0 Å². The molecule has 3 aliphatic heterocycles. The fraction of sp³-hybridized carbons (Fsp3) is 0.409. The Kier molecular flexibility index (Phi) is 3.49. The van der Waals surface area contributed by atoms with Crippen molar-refractivity contribution in [2.75, 3.05) is 24.7 Å². The Morgan fingerprint density at radius 1 is 1.08 bits per heavy atom. The summed E-state index contributed by atoms with van der Waals surface area (Å²) in [6.07, 6.45) is 4.21. The van der Waals surface area contributed by atoms with Gasteiger partial charge in [0.05, 0.1) is 6.61 Å². The van der Waals surface area contributed by atoms with Gasteiger partial charge < -0.3 is 14.4 Å². The summed E-state index contributed by atoms with van der Waals surface area (Å²) < 4.78 is 11.7. The lowest BCUT2D eigenvalue weighted by Crippen LogP contribution is -2.42. The van der Waals surface area contributed by atoms with E-state index in [0.29, 0.717) is 13.2 Å². The predicted molar refractivity (Wildman–Crippen MR) is 100 cm³/mol. The van der Waals surface area contributed by atoms with Crippen LogP contribution in [-0.4, -0.2) is 25.7 Å². The van der Waals surface area contributed by atoms with Crippen molar-refractivity contribution >= 4 is 11.6 Å². The van der Waals surface area contributed by atoms with Crippen LogP contribution in [0.2, 0.25) is 0 Å². The van der Waals surface area contributed by atoms with Gasteiger partial charge in [0.2, 0.25) is 5.91 Å². The zero-order chi connectivity index (χ0) is 17.7. The van der Waals surface area contributed by atoms with Gasteiger partial charge in [-0.25, -0.2) is 0 Å². The molecular formula is C22H23NO3. The molecule has 2 aromatic carbocycles. The van der Waals surface area contributed by atoms with Crippen molar-refractivity contribution in [2.45, 2.75) is 38.0 Å². The summed E-state index contributed by atoms with van der Waals surface area (Å²) in [5.74, 6) is 1.86. The second-order valence-corrected chi connectivity index (χ2v) is 7.43. The van der Waals surface area contributed by atoms with Crippen LogP contribution in [-0.2, 0) is 16.6 Å². The smallest absolute Gasteiger partial charge is 0.245 e. The first kappa shape index (κ1) is 15.7. The summed E-state index contributed by atoms with van der Waals surface area (Å²) in [4.78, 5) is 15.6. The van der Waals surface area contributed by atoms with Gasteiger partial charge in [0.25, 0.3) is 0 Å². The predicted octanol–water partition coefficient (Wildman–Crippen LogP) is 3.84. The molecule has 1 spiro atoms. The third kappa shape index (κ3) is 1.99. The quantitative estimate of drug-likeness (QED) is 0.788. The highest BCUT2D eigenvalue weighted by Gasteiger charge is 2.56. The van der Waals surface area contributed by atoms with Crippen molar-refractivity contribution in [3.63, 3.8) is 0 Å². The molecule has 0 radical (unpaired) electrons. The second-order valence-electron chi connectivity index (χ2n) is 7.43. The van der Waals surface area contributed by atoms with E-state index < -0.39 is 5.41 Å². The Balaban J connectivity index is 1.63. The number of ether oxygens (including phenoxy) is 2. The van der Waals surface area contributed by atoms with Gasteiger partial charge in [-0.3, -0.25) is 4.79 Å². The van der Waals surface area contributed by atoms with Gasteiger partial charge in [0, 0.05) is 30.3 Å². The highest BCUT2D eigenvalue weighted by Crippen LogP contribution is 2.53. The Hall–Kier alpha value is -2.49. The van der Waals surface area contributed by atoms with E-state index in [2.05, 4.69) is 25.1 Å². The number of carbonyl (C=O) groups is 1. The van der Waals surface area contributed by atoms with Crippen molar-refractivity contribution < 1.29 is 14.3 Å². The van der Waals surface area contributed by atoms with Gasteiger partial charge in [0.1, 0.15) is 23.5 Å². The zero-order valence-electron chi connectivity index (χ0n) is 15.1. The Morgan fingerprint density at radius 2 is 1.96 bits per heavy atom. The van der Waals surface area contributed by atoms with E-state index in [1.165, 1.54) is 5.56 Å². The summed E-state index contributed by atoms with van der Waals surface area (Å²) >= 11 is 0. The molecule has 0 N–H and O–H groups in total. The molecule has 3 heterocycles. The number of carbonyl (C=O) groups excluding carboxylic acids is 1. The molecule has 2 aromatic rings. The lowest BCUT2D eigenvalue weighted by Gasteiger charge is -2.23. The molecule has 4 nitrogen and oxygen atoms in total. The summed E-state index contributed by atoms with van der Waals surface area (Å²) in [6.45, 7) is 4.05. The van der Waals surface area contributed by atoms with Gasteiger partial charge in [0.15, 0.2) is 0 Å². The molecule has 3 aliphatic rings. The molecule has 5 rings (SSSR count). The van der Waals surface area contributed by atoms with E-state index in [0.717, 1.165) is 60.5 Å². The largest absolute Gasteiger partial charge is 0.493 e. The summed E-state index contributed by atoms with van der Waals surface area (Å²) in [5.41, 5.74) is 3.62. The number of amides is 1. The van der Waals surface area contributed by atoms with Crippen LogP contribution in [0, 0.1) is 0 Å². The molecule has 0 aromatic heterocycles. The summed E-state index contributed by atoms with van der Waals surface area (Å²) in [5, 5.41) is 0. The van der Waals surface area contributed by atoms with Crippen LogP contribution in [0.15, 0.2) is 36.4 Å². The number of hydrogen-bond donors (Lipinski definition) is 0. The van der Waals surface area contributed by atoms with E-state index in [1.54, 1.807) is 0 Å². The number of anilines is 1. The first-order valence-electron chi connectivity index (χ1n) is 9.60. The lowest BCUT2D eigenvalue weighted by atomic mass is 9.76.